The van der Waals surface area contributed by atoms with Crippen molar-refractivity contribution in [1.29, 1.82) is 0 Å². The minimum atomic E-state index is -0.462. The fraction of sp³-hybridized carbons (Fsp3) is 0.432. The van der Waals surface area contributed by atoms with Crippen molar-refractivity contribution in [1.82, 2.24) is 0 Å². The third kappa shape index (κ3) is 9.58. The predicted octanol–water partition coefficient (Wildman–Crippen LogP) is 8.09. The number of carbonyl (C=O) groups is 3. The lowest BCUT2D eigenvalue weighted by Crippen LogP contribution is -2.21. The highest BCUT2D eigenvalue weighted by Crippen LogP contribution is 2.38. The molecule has 0 fully saturated rings. The van der Waals surface area contributed by atoms with Crippen LogP contribution in [0.25, 0.3) is 0 Å². The molecule has 0 saturated heterocycles. The molecule has 3 aromatic carbocycles. The monoisotopic (exact) mass is 616 g/mol. The maximum atomic E-state index is 13.0. The van der Waals surface area contributed by atoms with Gasteiger partial charge in [0, 0.05) is 23.4 Å². The van der Waals surface area contributed by atoms with Crippen LogP contribution in [-0.2, 0) is 20.4 Å². The van der Waals surface area contributed by atoms with Crippen molar-refractivity contribution >= 4 is 29.0 Å². The van der Waals surface area contributed by atoms with E-state index in [-0.39, 0.29) is 35.1 Å². The molecule has 3 rings (SSSR count). The first-order valence-corrected chi connectivity index (χ1v) is 15.6. The number of benzene rings is 3. The molecule has 0 heterocycles. The van der Waals surface area contributed by atoms with Gasteiger partial charge in [0.15, 0.2) is 5.78 Å². The molecule has 3 aromatic rings. The molecule has 242 valence electrons. The molecule has 0 aromatic heterocycles. The quantitative estimate of drug-likeness (QED) is 0.0958. The van der Waals surface area contributed by atoms with E-state index in [1.165, 1.54) is 24.3 Å². The van der Waals surface area contributed by atoms with Gasteiger partial charge in [0.25, 0.3) is 0 Å². The number of hydrogen-bond acceptors (Lipinski definition) is 6. The zero-order valence-electron chi connectivity index (χ0n) is 28.0. The van der Waals surface area contributed by atoms with Crippen LogP contribution >= 0.6 is 0 Å². The lowest BCUT2D eigenvalue weighted by molar-refractivity contribution is -0.116. The first-order chi connectivity index (χ1) is 21.3. The van der Waals surface area contributed by atoms with Gasteiger partial charge in [-0.25, -0.2) is 0 Å². The number of methoxy groups -OCH3 is 2. The van der Waals surface area contributed by atoms with Gasteiger partial charge in [-0.05, 0) is 84.2 Å². The lowest BCUT2D eigenvalue weighted by atomic mass is 9.76. The van der Waals surface area contributed by atoms with Crippen LogP contribution in [0.2, 0.25) is 0 Å². The van der Waals surface area contributed by atoms with E-state index >= 15 is 0 Å². The van der Waals surface area contributed by atoms with Gasteiger partial charge in [0.1, 0.15) is 17.2 Å². The van der Waals surface area contributed by atoms with Gasteiger partial charge in [-0.3, -0.25) is 14.4 Å². The molecule has 2 N–H and O–H groups in total. The van der Waals surface area contributed by atoms with Crippen LogP contribution in [0.15, 0.2) is 60.7 Å². The van der Waals surface area contributed by atoms with E-state index in [1.807, 2.05) is 0 Å². The summed E-state index contributed by atoms with van der Waals surface area (Å²) in [4.78, 5) is 38.4. The number of amides is 2. The van der Waals surface area contributed by atoms with E-state index in [1.54, 1.807) is 43.5 Å². The molecule has 0 aliphatic heterocycles. The van der Waals surface area contributed by atoms with Crippen molar-refractivity contribution in [3.63, 3.8) is 0 Å². The third-order valence-electron chi connectivity index (χ3n) is 8.54. The van der Waals surface area contributed by atoms with Crippen molar-refractivity contribution in [2.75, 3.05) is 31.5 Å². The Morgan fingerprint density at radius 3 is 1.96 bits per heavy atom. The van der Waals surface area contributed by atoms with Crippen molar-refractivity contribution in [2.45, 2.75) is 84.5 Å². The molecule has 0 aliphatic rings. The molecular formula is C37H48N2O6. The molecule has 2 amide bonds. The van der Waals surface area contributed by atoms with Crippen molar-refractivity contribution in [3.05, 3.63) is 77.4 Å². The first-order valence-electron chi connectivity index (χ1n) is 15.6. The highest BCUT2D eigenvalue weighted by Gasteiger charge is 2.26. The lowest BCUT2D eigenvalue weighted by Gasteiger charge is -2.30. The van der Waals surface area contributed by atoms with Crippen LogP contribution < -0.4 is 24.8 Å². The SMILES string of the molecule is CCC(C)(C)c1ccc(OCCCC(=O)Nc2ccc(OC)c(C(=O)CC(=O)Nc3ccc(OC)cc3)c2)c(C(C)(C)CC)c1. The van der Waals surface area contributed by atoms with E-state index in [0.717, 1.165) is 18.6 Å². The minimum absolute atomic E-state index is 0.0492. The summed E-state index contributed by atoms with van der Waals surface area (Å²) >= 11 is 0. The van der Waals surface area contributed by atoms with E-state index < -0.39 is 11.7 Å². The van der Waals surface area contributed by atoms with Gasteiger partial charge in [0.05, 0.1) is 32.8 Å². The molecule has 0 spiro atoms. The number of rotatable bonds is 16. The van der Waals surface area contributed by atoms with Gasteiger partial charge in [0.2, 0.25) is 11.8 Å². The minimum Gasteiger partial charge on any atom is -0.497 e. The van der Waals surface area contributed by atoms with Crippen molar-refractivity contribution in [2.24, 2.45) is 0 Å². The van der Waals surface area contributed by atoms with Crippen LogP contribution in [0.3, 0.4) is 0 Å². The average Bonchev–Trinajstić information content (AvgIpc) is 3.03. The number of Topliss-reactive ketones (excluding diaryl/α,β-unsaturated/α-hetero) is 1. The molecule has 0 aliphatic carbocycles. The van der Waals surface area contributed by atoms with Gasteiger partial charge in [-0.15, -0.1) is 0 Å². The van der Waals surface area contributed by atoms with Crippen LogP contribution in [0.1, 0.15) is 95.1 Å². The molecule has 8 heteroatoms. The maximum absolute atomic E-state index is 13.0. The average molecular weight is 617 g/mol. The molecule has 0 bridgehead atoms. The zero-order valence-corrected chi connectivity index (χ0v) is 28.0. The third-order valence-corrected chi connectivity index (χ3v) is 8.54. The fourth-order valence-corrected chi connectivity index (χ4v) is 4.76. The van der Waals surface area contributed by atoms with Crippen molar-refractivity contribution in [3.8, 4) is 17.2 Å². The highest BCUT2D eigenvalue weighted by molar-refractivity contribution is 6.12. The summed E-state index contributed by atoms with van der Waals surface area (Å²) in [7, 11) is 3.01. The Morgan fingerprint density at radius 1 is 0.711 bits per heavy atom. The summed E-state index contributed by atoms with van der Waals surface area (Å²) in [6.07, 6.45) is 2.39. The molecule has 0 saturated carbocycles. The van der Waals surface area contributed by atoms with Gasteiger partial charge < -0.3 is 24.8 Å². The number of ketones is 1. The molecule has 45 heavy (non-hydrogen) atoms. The summed E-state index contributed by atoms with van der Waals surface area (Å²) < 4.78 is 16.7. The fourth-order valence-electron chi connectivity index (χ4n) is 4.76. The van der Waals surface area contributed by atoms with E-state index in [9.17, 15) is 14.4 Å². The Morgan fingerprint density at radius 2 is 1.33 bits per heavy atom. The Kier molecular flexibility index (Phi) is 12.2. The summed E-state index contributed by atoms with van der Waals surface area (Å²) in [5.41, 5.74) is 3.71. The highest BCUT2D eigenvalue weighted by atomic mass is 16.5. The van der Waals surface area contributed by atoms with Crippen molar-refractivity contribution < 1.29 is 28.6 Å². The Balaban J connectivity index is 1.59. The second kappa shape index (κ2) is 15.6. The van der Waals surface area contributed by atoms with E-state index in [0.29, 0.717) is 35.9 Å². The smallest absolute Gasteiger partial charge is 0.232 e. The van der Waals surface area contributed by atoms with Gasteiger partial charge >= 0.3 is 0 Å². The molecule has 0 unspecified atom stereocenters. The normalized spacial score (nSPS) is 11.5. The Hall–Kier alpha value is -4.33. The number of ether oxygens (including phenoxy) is 3. The second-order valence-corrected chi connectivity index (χ2v) is 12.5. The van der Waals surface area contributed by atoms with Gasteiger partial charge in [-0.1, -0.05) is 53.7 Å². The summed E-state index contributed by atoms with van der Waals surface area (Å²) in [5.74, 6) is 0.743. The van der Waals surface area contributed by atoms with Crippen LogP contribution in [0.5, 0.6) is 17.2 Å². The van der Waals surface area contributed by atoms with Crippen LogP contribution in [0, 0.1) is 0 Å². The van der Waals surface area contributed by atoms with E-state index in [2.05, 4.69) is 70.4 Å². The number of nitrogens with one attached hydrogen (secondary N) is 2. The first kappa shape index (κ1) is 35.2. The standard InChI is InChI=1S/C37H48N2O6/c1-9-36(3,4)25-13-19-33(30(22-25)37(5,6)10-2)45-21-11-12-34(41)39-27-16-20-32(44-8)29(23-27)31(40)24-35(42)38-26-14-17-28(43-7)18-15-26/h13-20,22-23H,9-12,21,24H2,1-8H3,(H,38,42)(H,39,41). The van der Waals surface area contributed by atoms with Gasteiger partial charge in [-0.2, -0.15) is 0 Å². The predicted molar refractivity (Wildman–Crippen MR) is 180 cm³/mol. The van der Waals surface area contributed by atoms with E-state index in [4.69, 9.17) is 14.2 Å². The topological polar surface area (TPSA) is 103 Å². The molecule has 0 radical (unpaired) electrons. The summed E-state index contributed by atoms with van der Waals surface area (Å²) in [6, 6.07) is 18.1. The molecular weight excluding hydrogens is 568 g/mol. The Labute approximate surface area is 267 Å². The summed E-state index contributed by atoms with van der Waals surface area (Å²) in [5, 5.41) is 5.56. The maximum Gasteiger partial charge on any atom is 0.232 e. The second-order valence-electron chi connectivity index (χ2n) is 12.5. The van der Waals surface area contributed by atoms with Crippen LogP contribution in [0.4, 0.5) is 11.4 Å². The summed E-state index contributed by atoms with van der Waals surface area (Å²) in [6.45, 7) is 13.8. The van der Waals surface area contributed by atoms with Crippen LogP contribution in [-0.4, -0.2) is 38.4 Å². The molecule has 0 atom stereocenters. The largest absolute Gasteiger partial charge is 0.497 e. The zero-order chi connectivity index (χ0) is 33.2. The Bertz CT molecular complexity index is 1480. The number of carbonyl (C=O) groups excluding carboxylic acids is 3. The number of anilines is 2. The number of hydrogen-bond donors (Lipinski definition) is 2. The molecule has 8 nitrogen and oxygen atoms in total.